The number of likely N-dealkylation sites (tertiary alicyclic amines) is 1. The third-order valence-corrected chi connectivity index (χ3v) is 4.44. The van der Waals surface area contributed by atoms with Gasteiger partial charge in [-0.15, -0.1) is 0 Å². The summed E-state index contributed by atoms with van der Waals surface area (Å²) in [7, 11) is 1.59. The maximum atomic E-state index is 12.3. The Kier molecular flexibility index (Phi) is 5.67. The molecule has 2 rings (SSSR count). The number of carbonyl (C=O) groups is 2. The molecule has 0 bridgehead atoms. The monoisotopic (exact) mass is 344 g/mol. The summed E-state index contributed by atoms with van der Waals surface area (Å²) < 4.78 is 4.96. The van der Waals surface area contributed by atoms with Crippen LogP contribution in [-0.2, 0) is 9.53 Å². The van der Waals surface area contributed by atoms with Gasteiger partial charge in [0, 0.05) is 42.2 Å². The van der Waals surface area contributed by atoms with Crippen molar-refractivity contribution in [2.75, 3.05) is 26.8 Å². The molecule has 1 saturated heterocycles. The fourth-order valence-electron chi connectivity index (χ4n) is 2.33. The molecule has 1 N–H and O–H groups in total. The molecule has 1 atom stereocenters. The first kappa shape index (κ1) is 17.1. The second-order valence-electron chi connectivity index (χ2n) is 5.27. The first-order chi connectivity index (χ1) is 10.4. The molecule has 0 aromatic heterocycles. The minimum atomic E-state index is -0.282. The van der Waals surface area contributed by atoms with Crippen molar-refractivity contribution in [3.63, 3.8) is 0 Å². The van der Waals surface area contributed by atoms with Crippen LogP contribution in [0.3, 0.4) is 0 Å². The van der Waals surface area contributed by atoms with Crippen LogP contribution in [0, 0.1) is 6.92 Å². The SMILES string of the molecule is COCCN1CC(NC(=O)c2cc(Cl)c(C)c(Cl)c2)CC1=O. The number of halogens is 2. The fourth-order valence-corrected chi connectivity index (χ4v) is 2.82. The van der Waals surface area contributed by atoms with E-state index >= 15 is 0 Å². The first-order valence-corrected chi connectivity index (χ1v) is 7.71. The Morgan fingerprint density at radius 1 is 1.41 bits per heavy atom. The van der Waals surface area contributed by atoms with E-state index < -0.39 is 0 Å². The lowest BCUT2D eigenvalue weighted by Crippen LogP contribution is -2.37. The molecule has 0 spiro atoms. The predicted octanol–water partition coefficient (Wildman–Crippen LogP) is 2.28. The van der Waals surface area contributed by atoms with Gasteiger partial charge in [0.1, 0.15) is 0 Å². The molecule has 1 heterocycles. The number of benzene rings is 1. The zero-order valence-corrected chi connectivity index (χ0v) is 14.0. The predicted molar refractivity (Wildman–Crippen MR) is 85.5 cm³/mol. The van der Waals surface area contributed by atoms with E-state index in [-0.39, 0.29) is 17.9 Å². The summed E-state index contributed by atoms with van der Waals surface area (Å²) in [6.07, 6.45) is 0.294. The van der Waals surface area contributed by atoms with Crippen molar-refractivity contribution in [2.24, 2.45) is 0 Å². The normalized spacial score (nSPS) is 17.9. The van der Waals surface area contributed by atoms with Gasteiger partial charge in [-0.2, -0.15) is 0 Å². The highest BCUT2D eigenvalue weighted by Gasteiger charge is 2.30. The largest absolute Gasteiger partial charge is 0.383 e. The van der Waals surface area contributed by atoms with Gasteiger partial charge in [-0.25, -0.2) is 0 Å². The van der Waals surface area contributed by atoms with Crippen molar-refractivity contribution in [3.8, 4) is 0 Å². The van der Waals surface area contributed by atoms with Gasteiger partial charge in [-0.05, 0) is 24.6 Å². The van der Waals surface area contributed by atoms with Crippen molar-refractivity contribution >= 4 is 35.0 Å². The molecule has 22 heavy (non-hydrogen) atoms. The summed E-state index contributed by atoms with van der Waals surface area (Å²) >= 11 is 12.1. The van der Waals surface area contributed by atoms with Gasteiger partial charge < -0.3 is 15.0 Å². The Hall–Kier alpha value is -1.30. The molecular weight excluding hydrogens is 327 g/mol. The van der Waals surface area contributed by atoms with E-state index in [2.05, 4.69) is 5.32 Å². The molecular formula is C15H18Cl2N2O3. The average molecular weight is 345 g/mol. The zero-order chi connectivity index (χ0) is 16.3. The third kappa shape index (κ3) is 3.91. The van der Waals surface area contributed by atoms with E-state index in [1.807, 2.05) is 0 Å². The molecule has 1 aliphatic heterocycles. The summed E-state index contributed by atoms with van der Waals surface area (Å²) in [5.74, 6) is -0.266. The van der Waals surface area contributed by atoms with Gasteiger partial charge in [-0.3, -0.25) is 9.59 Å². The number of nitrogens with one attached hydrogen (secondary N) is 1. The van der Waals surface area contributed by atoms with E-state index in [0.717, 1.165) is 5.56 Å². The second kappa shape index (κ2) is 7.31. The standard InChI is InChI=1S/C15H18Cl2N2O3/c1-9-12(16)5-10(6-13(9)17)15(21)18-11-7-14(20)19(8-11)3-4-22-2/h5-6,11H,3-4,7-8H2,1-2H3,(H,18,21). The lowest BCUT2D eigenvalue weighted by atomic mass is 10.1. The van der Waals surface area contributed by atoms with E-state index in [0.29, 0.717) is 41.7 Å². The molecule has 120 valence electrons. The molecule has 1 aromatic carbocycles. The van der Waals surface area contributed by atoms with E-state index in [4.69, 9.17) is 27.9 Å². The van der Waals surface area contributed by atoms with Gasteiger partial charge in [0.2, 0.25) is 5.91 Å². The molecule has 1 aliphatic rings. The van der Waals surface area contributed by atoms with Crippen molar-refractivity contribution in [3.05, 3.63) is 33.3 Å². The fraction of sp³-hybridized carbons (Fsp3) is 0.467. The molecule has 1 fully saturated rings. The van der Waals surface area contributed by atoms with Crippen LogP contribution in [0.5, 0.6) is 0 Å². The van der Waals surface area contributed by atoms with Crippen LogP contribution < -0.4 is 5.32 Å². The summed E-state index contributed by atoms with van der Waals surface area (Å²) in [6.45, 7) is 3.29. The average Bonchev–Trinajstić information content (AvgIpc) is 2.81. The molecule has 0 aliphatic carbocycles. The van der Waals surface area contributed by atoms with Crippen molar-refractivity contribution < 1.29 is 14.3 Å². The maximum Gasteiger partial charge on any atom is 0.251 e. The quantitative estimate of drug-likeness (QED) is 0.891. The molecule has 7 heteroatoms. The van der Waals surface area contributed by atoms with Gasteiger partial charge in [0.25, 0.3) is 5.91 Å². The summed E-state index contributed by atoms with van der Waals surface area (Å²) in [4.78, 5) is 25.8. The molecule has 2 amide bonds. The number of hydrogen-bond acceptors (Lipinski definition) is 3. The van der Waals surface area contributed by atoms with Crippen LogP contribution in [0.4, 0.5) is 0 Å². The topological polar surface area (TPSA) is 58.6 Å². The Labute approximate surface area is 139 Å². The van der Waals surface area contributed by atoms with Gasteiger partial charge in [0.05, 0.1) is 12.6 Å². The summed E-state index contributed by atoms with van der Waals surface area (Å²) in [6, 6.07) is 2.95. The minimum Gasteiger partial charge on any atom is -0.383 e. The zero-order valence-electron chi connectivity index (χ0n) is 12.5. The summed E-state index contributed by atoms with van der Waals surface area (Å²) in [5.41, 5.74) is 1.13. The number of amides is 2. The van der Waals surface area contributed by atoms with E-state index in [1.54, 1.807) is 31.1 Å². The van der Waals surface area contributed by atoms with E-state index in [1.165, 1.54) is 0 Å². The molecule has 0 saturated carbocycles. The first-order valence-electron chi connectivity index (χ1n) is 6.95. The number of nitrogens with zero attached hydrogens (tertiary/aromatic N) is 1. The minimum absolute atomic E-state index is 0.0160. The molecule has 5 nitrogen and oxygen atoms in total. The highest BCUT2D eigenvalue weighted by atomic mass is 35.5. The van der Waals surface area contributed by atoms with Crippen LogP contribution in [0.2, 0.25) is 10.0 Å². The van der Waals surface area contributed by atoms with E-state index in [9.17, 15) is 9.59 Å². The van der Waals surface area contributed by atoms with Crippen molar-refractivity contribution in [1.29, 1.82) is 0 Å². The number of hydrogen-bond donors (Lipinski definition) is 1. The molecule has 0 radical (unpaired) electrons. The highest BCUT2D eigenvalue weighted by molar-refractivity contribution is 6.36. The third-order valence-electron chi connectivity index (χ3n) is 3.66. The number of rotatable bonds is 5. The highest BCUT2D eigenvalue weighted by Crippen LogP contribution is 2.25. The Bertz CT molecular complexity index is 569. The van der Waals surface area contributed by atoms with Crippen LogP contribution >= 0.6 is 23.2 Å². The second-order valence-corrected chi connectivity index (χ2v) is 6.09. The molecule has 1 unspecified atom stereocenters. The van der Waals surface area contributed by atoms with Crippen LogP contribution in [0.15, 0.2) is 12.1 Å². The number of carbonyl (C=O) groups excluding carboxylic acids is 2. The van der Waals surface area contributed by atoms with Crippen LogP contribution in [-0.4, -0.2) is 49.6 Å². The summed E-state index contributed by atoms with van der Waals surface area (Å²) in [5, 5.41) is 3.74. The molecule has 1 aromatic rings. The Morgan fingerprint density at radius 3 is 2.64 bits per heavy atom. The number of methoxy groups -OCH3 is 1. The van der Waals surface area contributed by atoms with Gasteiger partial charge in [-0.1, -0.05) is 23.2 Å². The van der Waals surface area contributed by atoms with Crippen molar-refractivity contribution in [2.45, 2.75) is 19.4 Å². The van der Waals surface area contributed by atoms with Crippen LogP contribution in [0.25, 0.3) is 0 Å². The smallest absolute Gasteiger partial charge is 0.251 e. The number of ether oxygens (including phenoxy) is 1. The lowest BCUT2D eigenvalue weighted by molar-refractivity contribution is -0.128. The van der Waals surface area contributed by atoms with Crippen LogP contribution in [0.1, 0.15) is 22.3 Å². The van der Waals surface area contributed by atoms with Gasteiger partial charge in [0.15, 0.2) is 0 Å². The maximum absolute atomic E-state index is 12.3. The van der Waals surface area contributed by atoms with Crippen molar-refractivity contribution in [1.82, 2.24) is 10.2 Å². The lowest BCUT2D eigenvalue weighted by Gasteiger charge is -2.16. The van der Waals surface area contributed by atoms with Gasteiger partial charge >= 0.3 is 0 Å². The Balaban J connectivity index is 2.00. The Morgan fingerprint density at radius 2 is 2.05 bits per heavy atom.